The van der Waals surface area contributed by atoms with Crippen molar-refractivity contribution < 1.29 is 8.42 Å². The van der Waals surface area contributed by atoms with Crippen LogP contribution in [-0.2, 0) is 10.0 Å². The predicted octanol–water partition coefficient (Wildman–Crippen LogP) is 1.07. The Bertz CT molecular complexity index is 493. The maximum Gasteiger partial charge on any atom is 0.249 e. The Morgan fingerprint density at radius 2 is 2.19 bits per heavy atom. The first-order valence-corrected chi connectivity index (χ1v) is 6.39. The molecule has 0 saturated carbocycles. The van der Waals surface area contributed by atoms with Crippen molar-refractivity contribution in [1.29, 1.82) is 5.26 Å². The van der Waals surface area contributed by atoms with Gasteiger partial charge in [-0.15, -0.1) is 0 Å². The van der Waals surface area contributed by atoms with Gasteiger partial charge in [-0.25, -0.2) is 8.42 Å². The standard InChI is InChI=1S/C9H14N4O2S/c1-4-8(5-10)16(14,15)13-9-6(2)11-12-7(9)3/h8,13H,4H2,1-3H3,(H,11,12). The molecule has 0 saturated heterocycles. The minimum Gasteiger partial charge on any atom is -0.280 e. The van der Waals surface area contributed by atoms with Gasteiger partial charge in [0, 0.05) is 0 Å². The van der Waals surface area contributed by atoms with Crippen molar-refractivity contribution in [2.75, 3.05) is 4.72 Å². The molecule has 0 aliphatic heterocycles. The van der Waals surface area contributed by atoms with Crippen LogP contribution in [-0.4, -0.2) is 23.9 Å². The van der Waals surface area contributed by atoms with E-state index in [0.29, 0.717) is 17.1 Å². The van der Waals surface area contributed by atoms with Gasteiger partial charge in [0.05, 0.1) is 23.1 Å². The molecule has 0 aliphatic carbocycles. The van der Waals surface area contributed by atoms with E-state index in [2.05, 4.69) is 14.9 Å². The Hall–Kier alpha value is -1.55. The number of aryl methyl sites for hydroxylation is 2. The molecule has 16 heavy (non-hydrogen) atoms. The van der Waals surface area contributed by atoms with Crippen molar-refractivity contribution >= 4 is 15.7 Å². The van der Waals surface area contributed by atoms with E-state index in [0.717, 1.165) is 0 Å². The molecule has 2 N–H and O–H groups in total. The SMILES string of the molecule is CCC(C#N)S(=O)(=O)Nc1c(C)n[nH]c1C. The number of H-pyrrole nitrogens is 1. The van der Waals surface area contributed by atoms with Gasteiger partial charge in [-0.1, -0.05) is 6.92 Å². The molecule has 0 spiro atoms. The second-order valence-corrected chi connectivity index (χ2v) is 5.35. The van der Waals surface area contributed by atoms with Crippen molar-refractivity contribution in [2.45, 2.75) is 32.4 Å². The molecule has 0 fully saturated rings. The fourth-order valence-corrected chi connectivity index (χ4v) is 2.60. The van der Waals surface area contributed by atoms with E-state index < -0.39 is 15.3 Å². The van der Waals surface area contributed by atoms with Gasteiger partial charge >= 0.3 is 0 Å². The zero-order chi connectivity index (χ0) is 12.3. The maximum absolute atomic E-state index is 11.8. The summed E-state index contributed by atoms with van der Waals surface area (Å²) in [6.07, 6.45) is 0.252. The molecular weight excluding hydrogens is 228 g/mol. The number of anilines is 1. The number of nitrogens with zero attached hydrogens (tertiary/aromatic N) is 2. The summed E-state index contributed by atoms with van der Waals surface area (Å²) in [5.74, 6) is 0. The van der Waals surface area contributed by atoms with E-state index in [9.17, 15) is 8.42 Å². The molecule has 1 rings (SSSR count). The molecule has 0 amide bonds. The molecule has 88 valence electrons. The van der Waals surface area contributed by atoms with E-state index in [1.54, 1.807) is 26.8 Å². The molecule has 1 heterocycles. The summed E-state index contributed by atoms with van der Waals surface area (Å²) in [6, 6.07) is 1.76. The third-order valence-electron chi connectivity index (χ3n) is 2.26. The molecule has 1 atom stereocenters. The molecule has 6 nitrogen and oxygen atoms in total. The van der Waals surface area contributed by atoms with Crippen LogP contribution in [0, 0.1) is 25.2 Å². The van der Waals surface area contributed by atoms with Crippen molar-refractivity contribution in [2.24, 2.45) is 0 Å². The van der Waals surface area contributed by atoms with Gasteiger partial charge in [0.25, 0.3) is 0 Å². The number of hydrogen-bond donors (Lipinski definition) is 2. The largest absolute Gasteiger partial charge is 0.280 e. The van der Waals surface area contributed by atoms with E-state index in [4.69, 9.17) is 5.26 Å². The average Bonchev–Trinajstić information content (AvgIpc) is 2.50. The van der Waals surface area contributed by atoms with Crippen LogP contribution >= 0.6 is 0 Å². The van der Waals surface area contributed by atoms with Crippen molar-refractivity contribution in [3.63, 3.8) is 0 Å². The zero-order valence-corrected chi connectivity index (χ0v) is 10.2. The molecular formula is C9H14N4O2S. The maximum atomic E-state index is 11.8. The van der Waals surface area contributed by atoms with Gasteiger partial charge in [0.2, 0.25) is 10.0 Å². The smallest absolute Gasteiger partial charge is 0.249 e. The third kappa shape index (κ3) is 2.33. The van der Waals surface area contributed by atoms with Crippen LogP contribution in [0.15, 0.2) is 0 Å². The van der Waals surface area contributed by atoms with Crippen LogP contribution < -0.4 is 4.72 Å². The third-order valence-corrected chi connectivity index (χ3v) is 3.94. The van der Waals surface area contributed by atoms with Crippen LogP contribution in [0.4, 0.5) is 5.69 Å². The molecule has 0 aliphatic rings. The minimum atomic E-state index is -3.66. The monoisotopic (exact) mass is 242 g/mol. The number of hydrogen-bond acceptors (Lipinski definition) is 4. The molecule has 0 bridgehead atoms. The predicted molar refractivity (Wildman–Crippen MR) is 60.3 cm³/mol. The van der Waals surface area contributed by atoms with Crippen molar-refractivity contribution in [3.8, 4) is 6.07 Å². The summed E-state index contributed by atoms with van der Waals surface area (Å²) < 4.78 is 26.0. The lowest BCUT2D eigenvalue weighted by Crippen LogP contribution is -2.26. The fraction of sp³-hybridized carbons (Fsp3) is 0.556. The minimum absolute atomic E-state index is 0.252. The fourth-order valence-electron chi connectivity index (χ4n) is 1.29. The Kier molecular flexibility index (Phi) is 3.55. The van der Waals surface area contributed by atoms with Gasteiger partial charge in [-0.05, 0) is 20.3 Å². The molecule has 0 radical (unpaired) electrons. The summed E-state index contributed by atoms with van der Waals surface area (Å²) in [5, 5.41) is 14.2. The van der Waals surface area contributed by atoms with Gasteiger partial charge in [0.1, 0.15) is 0 Å². The van der Waals surface area contributed by atoms with E-state index >= 15 is 0 Å². The molecule has 1 aromatic heterocycles. The van der Waals surface area contributed by atoms with E-state index in [-0.39, 0.29) is 6.42 Å². The lowest BCUT2D eigenvalue weighted by atomic mass is 10.3. The Morgan fingerprint density at radius 3 is 2.56 bits per heavy atom. The number of nitrogens with one attached hydrogen (secondary N) is 2. The van der Waals surface area contributed by atoms with Crippen molar-refractivity contribution in [3.05, 3.63) is 11.4 Å². The molecule has 1 aromatic rings. The zero-order valence-electron chi connectivity index (χ0n) is 9.40. The van der Waals surface area contributed by atoms with E-state index in [1.807, 2.05) is 0 Å². The van der Waals surface area contributed by atoms with Gasteiger partial charge in [0.15, 0.2) is 5.25 Å². The van der Waals surface area contributed by atoms with Gasteiger partial charge in [-0.2, -0.15) is 10.4 Å². The number of nitriles is 1. The number of sulfonamides is 1. The molecule has 7 heteroatoms. The highest BCUT2D eigenvalue weighted by molar-refractivity contribution is 7.93. The van der Waals surface area contributed by atoms with Gasteiger partial charge < -0.3 is 0 Å². The van der Waals surface area contributed by atoms with Crippen LogP contribution in [0.1, 0.15) is 24.7 Å². The highest BCUT2D eigenvalue weighted by Crippen LogP contribution is 2.19. The van der Waals surface area contributed by atoms with Gasteiger partial charge in [-0.3, -0.25) is 9.82 Å². The highest BCUT2D eigenvalue weighted by Gasteiger charge is 2.25. The Balaban J connectivity index is 3.03. The number of aromatic amines is 1. The topological polar surface area (TPSA) is 98.6 Å². The number of aromatic nitrogens is 2. The average molecular weight is 242 g/mol. The van der Waals surface area contributed by atoms with Crippen molar-refractivity contribution in [1.82, 2.24) is 10.2 Å². The summed E-state index contributed by atoms with van der Waals surface area (Å²) in [6.45, 7) is 5.06. The Labute approximate surface area is 94.7 Å². The first-order chi connectivity index (χ1) is 7.42. The summed E-state index contributed by atoms with van der Waals surface area (Å²) >= 11 is 0. The quantitative estimate of drug-likeness (QED) is 0.825. The second kappa shape index (κ2) is 4.53. The Morgan fingerprint density at radius 1 is 1.56 bits per heavy atom. The number of rotatable bonds is 4. The summed E-state index contributed by atoms with van der Waals surface area (Å²) in [7, 11) is -3.66. The highest BCUT2D eigenvalue weighted by atomic mass is 32.2. The first kappa shape index (κ1) is 12.5. The summed E-state index contributed by atoms with van der Waals surface area (Å²) in [5.41, 5.74) is 1.62. The summed E-state index contributed by atoms with van der Waals surface area (Å²) in [4.78, 5) is 0. The van der Waals surface area contributed by atoms with Crippen LogP contribution in [0.5, 0.6) is 0 Å². The lowest BCUT2D eigenvalue weighted by molar-refractivity contribution is 0.592. The van der Waals surface area contributed by atoms with Crippen LogP contribution in [0.25, 0.3) is 0 Å². The first-order valence-electron chi connectivity index (χ1n) is 4.85. The normalized spacial score (nSPS) is 13.1. The van der Waals surface area contributed by atoms with Crippen LogP contribution in [0.2, 0.25) is 0 Å². The molecule has 1 unspecified atom stereocenters. The second-order valence-electron chi connectivity index (χ2n) is 3.48. The molecule has 0 aromatic carbocycles. The van der Waals surface area contributed by atoms with E-state index in [1.165, 1.54) is 0 Å². The lowest BCUT2D eigenvalue weighted by Gasteiger charge is -2.10. The van der Waals surface area contributed by atoms with Crippen LogP contribution in [0.3, 0.4) is 0 Å².